The Kier molecular flexibility index (Phi) is 5.77. The van der Waals surface area contributed by atoms with Gasteiger partial charge in [0.2, 0.25) is 10.0 Å². The minimum atomic E-state index is -3.71. The normalized spacial score (nSPS) is 15.3. The molecule has 0 atom stereocenters. The van der Waals surface area contributed by atoms with Crippen LogP contribution in [0.5, 0.6) is 0 Å². The molecular formula is C23H25FN4O2S. The van der Waals surface area contributed by atoms with Gasteiger partial charge in [-0.15, -0.1) is 10.2 Å². The number of hydrogen-bond acceptors (Lipinski definition) is 5. The molecule has 1 aliphatic heterocycles. The van der Waals surface area contributed by atoms with E-state index in [4.69, 9.17) is 0 Å². The van der Waals surface area contributed by atoms with Gasteiger partial charge >= 0.3 is 0 Å². The van der Waals surface area contributed by atoms with E-state index in [2.05, 4.69) is 43.1 Å². The molecule has 0 bridgehead atoms. The molecule has 0 radical (unpaired) electrons. The summed E-state index contributed by atoms with van der Waals surface area (Å²) < 4.78 is 40.4. The van der Waals surface area contributed by atoms with Crippen molar-refractivity contribution in [1.82, 2.24) is 14.5 Å². The molecule has 0 spiro atoms. The zero-order chi connectivity index (χ0) is 22.2. The smallest absolute Gasteiger partial charge is 0.243 e. The highest BCUT2D eigenvalue weighted by Crippen LogP contribution is 2.26. The van der Waals surface area contributed by atoms with Crippen molar-refractivity contribution in [2.75, 3.05) is 31.1 Å². The van der Waals surface area contributed by atoms with Gasteiger partial charge in [0.25, 0.3) is 0 Å². The van der Waals surface area contributed by atoms with Gasteiger partial charge in [-0.1, -0.05) is 12.1 Å². The van der Waals surface area contributed by atoms with E-state index in [-0.39, 0.29) is 4.90 Å². The molecule has 31 heavy (non-hydrogen) atoms. The SMILES string of the molecule is Cc1cc(C)c(-c2ccc(N3CCN(S(=O)(=O)c4cccc(F)c4)CC3)nn2)cc1C. The van der Waals surface area contributed by atoms with Gasteiger partial charge in [-0.25, -0.2) is 12.8 Å². The van der Waals surface area contributed by atoms with Crippen molar-refractivity contribution in [1.29, 1.82) is 0 Å². The Balaban J connectivity index is 1.47. The molecule has 3 aromatic rings. The topological polar surface area (TPSA) is 66.4 Å². The molecule has 2 heterocycles. The minimum absolute atomic E-state index is 0.0196. The van der Waals surface area contributed by atoms with Gasteiger partial charge in [0.1, 0.15) is 5.82 Å². The molecule has 6 nitrogen and oxygen atoms in total. The molecule has 1 saturated heterocycles. The van der Waals surface area contributed by atoms with Gasteiger partial charge in [0.15, 0.2) is 5.82 Å². The first-order valence-corrected chi connectivity index (χ1v) is 11.6. The molecular weight excluding hydrogens is 415 g/mol. The predicted molar refractivity (Wildman–Crippen MR) is 119 cm³/mol. The summed E-state index contributed by atoms with van der Waals surface area (Å²) in [7, 11) is -3.71. The third-order valence-electron chi connectivity index (χ3n) is 5.76. The molecule has 0 amide bonds. The van der Waals surface area contributed by atoms with E-state index >= 15 is 0 Å². The van der Waals surface area contributed by atoms with Crippen LogP contribution in [0.2, 0.25) is 0 Å². The van der Waals surface area contributed by atoms with Gasteiger partial charge < -0.3 is 4.90 Å². The van der Waals surface area contributed by atoms with Crippen molar-refractivity contribution < 1.29 is 12.8 Å². The molecule has 4 rings (SSSR count). The van der Waals surface area contributed by atoms with Crippen LogP contribution in [0.25, 0.3) is 11.3 Å². The minimum Gasteiger partial charge on any atom is -0.352 e. The van der Waals surface area contributed by atoms with E-state index in [1.807, 2.05) is 17.0 Å². The maximum Gasteiger partial charge on any atom is 0.243 e. The van der Waals surface area contributed by atoms with Crippen LogP contribution in [0.15, 0.2) is 53.4 Å². The van der Waals surface area contributed by atoms with Crippen molar-refractivity contribution in [3.63, 3.8) is 0 Å². The number of sulfonamides is 1. The number of halogens is 1. The molecule has 0 saturated carbocycles. The highest BCUT2D eigenvalue weighted by molar-refractivity contribution is 7.89. The number of aromatic nitrogens is 2. The molecule has 0 N–H and O–H groups in total. The van der Waals surface area contributed by atoms with Gasteiger partial charge in [-0.3, -0.25) is 0 Å². The number of benzene rings is 2. The molecule has 1 aromatic heterocycles. The molecule has 1 aliphatic rings. The van der Waals surface area contributed by atoms with Crippen molar-refractivity contribution >= 4 is 15.8 Å². The monoisotopic (exact) mass is 440 g/mol. The zero-order valence-corrected chi connectivity index (χ0v) is 18.7. The van der Waals surface area contributed by atoms with Crippen LogP contribution in [0.4, 0.5) is 10.2 Å². The first kappa shape index (κ1) is 21.4. The summed E-state index contributed by atoms with van der Waals surface area (Å²) in [5, 5.41) is 8.80. The first-order chi connectivity index (χ1) is 14.8. The molecule has 2 aromatic carbocycles. The van der Waals surface area contributed by atoms with E-state index in [1.165, 1.54) is 33.6 Å². The summed E-state index contributed by atoms with van der Waals surface area (Å²) in [6, 6.07) is 13.3. The Bertz CT molecular complexity index is 1200. The molecule has 0 aliphatic carbocycles. The first-order valence-electron chi connectivity index (χ1n) is 10.2. The number of hydrogen-bond donors (Lipinski definition) is 0. The van der Waals surface area contributed by atoms with E-state index in [0.717, 1.165) is 22.9 Å². The van der Waals surface area contributed by atoms with E-state index in [1.54, 1.807) is 0 Å². The van der Waals surface area contributed by atoms with Crippen LogP contribution < -0.4 is 4.90 Å². The number of anilines is 1. The highest BCUT2D eigenvalue weighted by atomic mass is 32.2. The van der Waals surface area contributed by atoms with Crippen LogP contribution in [-0.2, 0) is 10.0 Å². The summed E-state index contributed by atoms with van der Waals surface area (Å²) in [6.45, 7) is 7.83. The zero-order valence-electron chi connectivity index (χ0n) is 17.8. The van der Waals surface area contributed by atoms with Crippen molar-refractivity contribution in [3.8, 4) is 11.3 Å². The predicted octanol–water partition coefficient (Wildman–Crippen LogP) is 3.72. The van der Waals surface area contributed by atoms with Gasteiger partial charge in [0, 0.05) is 31.7 Å². The lowest BCUT2D eigenvalue weighted by Gasteiger charge is -2.34. The van der Waals surface area contributed by atoms with Crippen molar-refractivity contribution in [3.05, 3.63) is 71.0 Å². The fraction of sp³-hybridized carbons (Fsp3) is 0.304. The standard InChI is InChI=1S/C23H25FN4O2S/c1-16-13-18(3)21(14-17(16)2)22-7-8-23(26-25-22)27-9-11-28(12-10-27)31(29,30)20-6-4-5-19(24)15-20/h4-8,13-15H,9-12H2,1-3H3. The second-order valence-electron chi connectivity index (χ2n) is 7.88. The third kappa shape index (κ3) is 4.31. The van der Waals surface area contributed by atoms with E-state index in [9.17, 15) is 12.8 Å². The average Bonchev–Trinajstić information content (AvgIpc) is 2.76. The number of rotatable bonds is 4. The van der Waals surface area contributed by atoms with Crippen LogP contribution in [-0.4, -0.2) is 49.1 Å². The quantitative estimate of drug-likeness (QED) is 0.619. The summed E-state index contributed by atoms with van der Waals surface area (Å²) in [6.07, 6.45) is 0. The maximum atomic E-state index is 13.5. The summed E-state index contributed by atoms with van der Waals surface area (Å²) in [4.78, 5) is 2.00. The average molecular weight is 441 g/mol. The Hall–Kier alpha value is -2.84. The van der Waals surface area contributed by atoms with E-state index < -0.39 is 15.8 Å². The third-order valence-corrected chi connectivity index (χ3v) is 7.66. The lowest BCUT2D eigenvalue weighted by molar-refractivity contribution is 0.383. The van der Waals surface area contributed by atoms with Crippen LogP contribution in [0, 0.1) is 26.6 Å². The second-order valence-corrected chi connectivity index (χ2v) is 9.81. The fourth-order valence-corrected chi connectivity index (χ4v) is 5.26. The van der Waals surface area contributed by atoms with Gasteiger partial charge in [-0.05, 0) is 73.9 Å². The lowest BCUT2D eigenvalue weighted by Crippen LogP contribution is -2.49. The highest BCUT2D eigenvalue weighted by Gasteiger charge is 2.29. The largest absolute Gasteiger partial charge is 0.352 e. The van der Waals surface area contributed by atoms with E-state index in [0.29, 0.717) is 32.0 Å². The Morgan fingerprint density at radius 2 is 1.55 bits per heavy atom. The Morgan fingerprint density at radius 3 is 2.19 bits per heavy atom. The maximum absolute atomic E-state index is 13.5. The molecule has 1 fully saturated rings. The number of aryl methyl sites for hydroxylation is 3. The molecule has 162 valence electrons. The van der Waals surface area contributed by atoms with Crippen LogP contribution in [0.1, 0.15) is 16.7 Å². The van der Waals surface area contributed by atoms with Crippen molar-refractivity contribution in [2.45, 2.75) is 25.7 Å². The van der Waals surface area contributed by atoms with Gasteiger partial charge in [0.05, 0.1) is 10.6 Å². The molecule has 8 heteroatoms. The Morgan fingerprint density at radius 1 is 0.839 bits per heavy atom. The number of nitrogens with zero attached hydrogens (tertiary/aromatic N) is 4. The molecule has 0 unspecified atom stereocenters. The number of piperazine rings is 1. The van der Waals surface area contributed by atoms with Crippen molar-refractivity contribution in [2.24, 2.45) is 0 Å². The lowest BCUT2D eigenvalue weighted by atomic mass is 9.99. The summed E-state index contributed by atoms with van der Waals surface area (Å²) >= 11 is 0. The summed E-state index contributed by atoms with van der Waals surface area (Å²) in [5.41, 5.74) is 5.49. The van der Waals surface area contributed by atoms with Crippen LogP contribution in [0.3, 0.4) is 0 Å². The Labute approximate surface area is 182 Å². The van der Waals surface area contributed by atoms with Crippen LogP contribution >= 0.6 is 0 Å². The van der Waals surface area contributed by atoms with Gasteiger partial charge in [-0.2, -0.15) is 4.31 Å². The second kappa shape index (κ2) is 8.36. The summed E-state index contributed by atoms with van der Waals surface area (Å²) in [5.74, 6) is 0.155. The fourth-order valence-electron chi connectivity index (χ4n) is 3.81.